The molecule has 1 rings (SSSR count). The van der Waals surface area contributed by atoms with Crippen molar-refractivity contribution in [1.82, 2.24) is 9.97 Å². The molecule has 0 spiro atoms. The Morgan fingerprint density at radius 1 is 1.30 bits per heavy atom. The summed E-state index contributed by atoms with van der Waals surface area (Å²) in [6.07, 6.45) is 1.72. The number of carbonyl (C=O) groups excluding carboxylic acids is 2. The average Bonchev–Trinajstić information content (AvgIpc) is 2.36. The van der Waals surface area contributed by atoms with Gasteiger partial charge in [-0.1, -0.05) is 20.8 Å². The molecule has 0 fully saturated rings. The fourth-order valence-electron chi connectivity index (χ4n) is 1.47. The van der Waals surface area contributed by atoms with Gasteiger partial charge in [0.1, 0.15) is 0 Å². The topological polar surface area (TPSA) is 81.2 Å². The van der Waals surface area contributed by atoms with E-state index in [0.29, 0.717) is 6.61 Å². The maximum absolute atomic E-state index is 11.7. The maximum Gasteiger partial charge on any atom is 0.306 e. The predicted molar refractivity (Wildman–Crippen MR) is 75.2 cm³/mol. The van der Waals surface area contributed by atoms with Gasteiger partial charge >= 0.3 is 5.97 Å². The van der Waals surface area contributed by atoms with Crippen LogP contribution in [0.5, 0.6) is 0 Å². The summed E-state index contributed by atoms with van der Waals surface area (Å²) in [4.78, 5) is 31.1. The number of nitrogens with zero attached hydrogens (tertiary/aromatic N) is 2. The van der Waals surface area contributed by atoms with E-state index < -0.39 is 0 Å². The van der Waals surface area contributed by atoms with E-state index in [1.165, 1.54) is 0 Å². The Kier molecular flexibility index (Phi) is 5.61. The van der Waals surface area contributed by atoms with Crippen molar-refractivity contribution in [2.75, 3.05) is 11.9 Å². The van der Waals surface area contributed by atoms with Crippen molar-refractivity contribution in [3.8, 4) is 0 Å². The van der Waals surface area contributed by atoms with Gasteiger partial charge in [-0.3, -0.25) is 14.9 Å². The van der Waals surface area contributed by atoms with E-state index in [9.17, 15) is 9.59 Å². The molecule has 0 bridgehead atoms. The SMILES string of the molecule is CCOC(=O)CCC(=O)Nc1nccc(C(C)(C)C)n1. The summed E-state index contributed by atoms with van der Waals surface area (Å²) in [5.74, 6) is -0.428. The summed E-state index contributed by atoms with van der Waals surface area (Å²) in [7, 11) is 0. The predicted octanol–water partition coefficient (Wildman–Crippen LogP) is 2.06. The molecule has 0 radical (unpaired) electrons. The largest absolute Gasteiger partial charge is 0.466 e. The number of rotatable bonds is 5. The van der Waals surface area contributed by atoms with Crippen LogP contribution >= 0.6 is 0 Å². The average molecular weight is 279 g/mol. The normalized spacial score (nSPS) is 11.0. The van der Waals surface area contributed by atoms with Crippen LogP contribution in [0.15, 0.2) is 12.3 Å². The summed E-state index contributed by atoms with van der Waals surface area (Å²) >= 11 is 0. The third-order valence-electron chi connectivity index (χ3n) is 2.54. The Hall–Kier alpha value is -1.98. The van der Waals surface area contributed by atoms with Crippen LogP contribution in [0.2, 0.25) is 0 Å². The zero-order chi connectivity index (χ0) is 15.2. The van der Waals surface area contributed by atoms with Crippen molar-refractivity contribution in [3.05, 3.63) is 18.0 Å². The van der Waals surface area contributed by atoms with E-state index in [1.54, 1.807) is 13.1 Å². The second-order valence-electron chi connectivity index (χ2n) is 5.37. The number of anilines is 1. The molecule has 0 aliphatic heterocycles. The van der Waals surface area contributed by atoms with Crippen LogP contribution in [0.25, 0.3) is 0 Å². The van der Waals surface area contributed by atoms with Crippen LogP contribution in [0.3, 0.4) is 0 Å². The molecule has 0 atom stereocenters. The van der Waals surface area contributed by atoms with Gasteiger partial charge in [-0.2, -0.15) is 0 Å². The molecule has 0 saturated heterocycles. The summed E-state index contributed by atoms with van der Waals surface area (Å²) in [6, 6.07) is 1.81. The molecular weight excluding hydrogens is 258 g/mol. The number of esters is 1. The van der Waals surface area contributed by atoms with Crippen molar-refractivity contribution >= 4 is 17.8 Å². The number of nitrogens with one attached hydrogen (secondary N) is 1. The third-order valence-corrected chi connectivity index (χ3v) is 2.54. The summed E-state index contributed by atoms with van der Waals surface area (Å²) in [5.41, 5.74) is 0.723. The molecule has 0 saturated carbocycles. The second kappa shape index (κ2) is 6.98. The molecule has 0 aromatic carbocycles. The minimum Gasteiger partial charge on any atom is -0.466 e. The molecule has 20 heavy (non-hydrogen) atoms. The minimum atomic E-state index is -0.382. The van der Waals surface area contributed by atoms with E-state index in [-0.39, 0.29) is 36.1 Å². The lowest BCUT2D eigenvalue weighted by atomic mass is 9.92. The van der Waals surface area contributed by atoms with E-state index >= 15 is 0 Å². The number of ether oxygens (including phenoxy) is 1. The van der Waals surface area contributed by atoms with Gasteiger partial charge in [0, 0.05) is 18.0 Å². The zero-order valence-corrected chi connectivity index (χ0v) is 12.4. The smallest absolute Gasteiger partial charge is 0.306 e. The molecule has 0 aliphatic carbocycles. The molecule has 0 unspecified atom stereocenters. The molecule has 110 valence electrons. The van der Waals surface area contributed by atoms with E-state index in [0.717, 1.165) is 5.69 Å². The number of amides is 1. The van der Waals surface area contributed by atoms with Crippen molar-refractivity contribution in [3.63, 3.8) is 0 Å². The highest BCUT2D eigenvalue weighted by atomic mass is 16.5. The van der Waals surface area contributed by atoms with Gasteiger partial charge in [0.2, 0.25) is 11.9 Å². The first-order valence-corrected chi connectivity index (χ1v) is 6.62. The van der Waals surface area contributed by atoms with Gasteiger partial charge < -0.3 is 4.74 Å². The fraction of sp³-hybridized carbons (Fsp3) is 0.571. The first kappa shape index (κ1) is 16.1. The summed E-state index contributed by atoms with van der Waals surface area (Å²) in [6.45, 7) is 8.13. The Morgan fingerprint density at radius 3 is 2.60 bits per heavy atom. The van der Waals surface area contributed by atoms with E-state index in [2.05, 4.69) is 15.3 Å². The molecule has 1 aromatic heterocycles. The first-order chi connectivity index (χ1) is 9.32. The Labute approximate surface area is 119 Å². The van der Waals surface area contributed by atoms with Crippen LogP contribution in [0.4, 0.5) is 5.95 Å². The molecule has 6 nitrogen and oxygen atoms in total. The van der Waals surface area contributed by atoms with Crippen molar-refractivity contribution in [2.45, 2.75) is 46.0 Å². The van der Waals surface area contributed by atoms with E-state index in [4.69, 9.17) is 4.74 Å². The third kappa shape index (κ3) is 5.34. The van der Waals surface area contributed by atoms with Crippen molar-refractivity contribution in [2.24, 2.45) is 0 Å². The monoisotopic (exact) mass is 279 g/mol. The number of hydrogen-bond acceptors (Lipinski definition) is 5. The summed E-state index contributed by atoms with van der Waals surface area (Å²) in [5, 5.41) is 2.58. The maximum atomic E-state index is 11.7. The second-order valence-corrected chi connectivity index (χ2v) is 5.37. The van der Waals surface area contributed by atoms with Gasteiger partial charge in [0.15, 0.2) is 0 Å². The molecular formula is C14H21N3O3. The van der Waals surface area contributed by atoms with Gasteiger partial charge in [0.25, 0.3) is 0 Å². The lowest BCUT2D eigenvalue weighted by Crippen LogP contribution is -2.19. The number of hydrogen-bond donors (Lipinski definition) is 1. The van der Waals surface area contributed by atoms with E-state index in [1.807, 2.05) is 26.8 Å². The van der Waals surface area contributed by atoms with Crippen molar-refractivity contribution in [1.29, 1.82) is 0 Å². The molecule has 1 amide bonds. The van der Waals surface area contributed by atoms with Crippen LogP contribution in [0, 0.1) is 0 Å². The highest BCUT2D eigenvalue weighted by Gasteiger charge is 2.16. The molecule has 1 heterocycles. The summed E-state index contributed by atoms with van der Waals surface area (Å²) < 4.78 is 4.76. The first-order valence-electron chi connectivity index (χ1n) is 6.62. The Morgan fingerprint density at radius 2 is 2.00 bits per heavy atom. The molecule has 1 N–H and O–H groups in total. The minimum absolute atomic E-state index is 0.0542. The van der Waals surface area contributed by atoms with Crippen LogP contribution in [-0.4, -0.2) is 28.5 Å². The quantitative estimate of drug-likeness (QED) is 0.834. The Bertz CT molecular complexity index is 481. The number of carbonyl (C=O) groups is 2. The van der Waals surface area contributed by atoms with Gasteiger partial charge in [-0.25, -0.2) is 9.97 Å². The molecule has 6 heteroatoms. The number of aromatic nitrogens is 2. The molecule has 1 aromatic rings. The fourth-order valence-corrected chi connectivity index (χ4v) is 1.47. The zero-order valence-electron chi connectivity index (χ0n) is 12.4. The van der Waals surface area contributed by atoms with Crippen LogP contribution in [0.1, 0.15) is 46.2 Å². The Balaban J connectivity index is 2.56. The highest BCUT2D eigenvalue weighted by Crippen LogP contribution is 2.20. The van der Waals surface area contributed by atoms with Crippen molar-refractivity contribution < 1.29 is 14.3 Å². The van der Waals surface area contributed by atoms with Gasteiger partial charge in [-0.05, 0) is 13.0 Å². The van der Waals surface area contributed by atoms with Crippen LogP contribution in [-0.2, 0) is 19.7 Å². The lowest BCUT2D eigenvalue weighted by Gasteiger charge is -2.17. The van der Waals surface area contributed by atoms with Gasteiger partial charge in [-0.15, -0.1) is 0 Å². The van der Waals surface area contributed by atoms with Crippen LogP contribution < -0.4 is 5.32 Å². The lowest BCUT2D eigenvalue weighted by molar-refractivity contribution is -0.144. The standard InChI is InChI=1S/C14H21N3O3/c1-5-20-12(19)7-6-11(18)17-13-15-9-8-10(16-13)14(2,3)4/h8-9H,5-7H2,1-4H3,(H,15,16,17,18). The van der Waals surface area contributed by atoms with Gasteiger partial charge in [0.05, 0.1) is 18.7 Å². The highest BCUT2D eigenvalue weighted by molar-refractivity contribution is 5.91. The molecule has 0 aliphatic rings.